The Labute approximate surface area is 213 Å². The summed E-state index contributed by atoms with van der Waals surface area (Å²) in [6.45, 7) is 3.84. The molecule has 1 heterocycles. The van der Waals surface area contributed by atoms with Crippen molar-refractivity contribution in [3.05, 3.63) is 95.3 Å². The third kappa shape index (κ3) is 5.83. The van der Waals surface area contributed by atoms with E-state index in [9.17, 15) is 23.6 Å². The molecule has 37 heavy (non-hydrogen) atoms. The average Bonchev–Trinajstić information content (AvgIpc) is 3.09. The minimum Gasteiger partial charge on any atom is -0.462 e. The van der Waals surface area contributed by atoms with Crippen LogP contribution in [0.1, 0.15) is 34.8 Å². The highest BCUT2D eigenvalue weighted by Gasteiger charge is 2.46. The van der Waals surface area contributed by atoms with Crippen LogP contribution in [-0.2, 0) is 20.9 Å². The van der Waals surface area contributed by atoms with Crippen LogP contribution in [0.2, 0.25) is 0 Å². The van der Waals surface area contributed by atoms with Crippen molar-refractivity contribution in [3.63, 3.8) is 0 Å². The average molecular weight is 504 g/mol. The van der Waals surface area contributed by atoms with Crippen molar-refractivity contribution < 1.29 is 28.3 Å². The number of urea groups is 1. The fourth-order valence-electron chi connectivity index (χ4n) is 4.10. The lowest BCUT2D eigenvalue weighted by atomic mass is 10.1. The van der Waals surface area contributed by atoms with Gasteiger partial charge in [-0.05, 0) is 73.5 Å². The van der Waals surface area contributed by atoms with Gasteiger partial charge in [-0.15, -0.1) is 0 Å². The van der Waals surface area contributed by atoms with Crippen LogP contribution in [0.25, 0.3) is 0 Å². The molecule has 4 rings (SSSR count). The number of nitrogens with zero attached hydrogens (tertiary/aromatic N) is 2. The fourth-order valence-corrected chi connectivity index (χ4v) is 4.10. The summed E-state index contributed by atoms with van der Waals surface area (Å²) >= 11 is 0. The number of amides is 4. The highest BCUT2D eigenvalue weighted by atomic mass is 19.1. The first-order valence-electron chi connectivity index (χ1n) is 11.8. The molecule has 0 spiro atoms. The van der Waals surface area contributed by atoms with Crippen LogP contribution in [0.5, 0.6) is 0 Å². The molecule has 1 atom stereocenters. The van der Waals surface area contributed by atoms with Crippen LogP contribution in [-0.4, -0.2) is 41.4 Å². The second kappa shape index (κ2) is 11.0. The van der Waals surface area contributed by atoms with Gasteiger partial charge in [-0.25, -0.2) is 18.9 Å². The van der Waals surface area contributed by atoms with Gasteiger partial charge >= 0.3 is 12.0 Å². The lowest BCUT2D eigenvalue weighted by Gasteiger charge is -2.21. The van der Waals surface area contributed by atoms with E-state index in [0.717, 1.165) is 10.5 Å². The van der Waals surface area contributed by atoms with Gasteiger partial charge in [0, 0.05) is 12.2 Å². The van der Waals surface area contributed by atoms with E-state index in [1.165, 1.54) is 41.3 Å². The summed E-state index contributed by atoms with van der Waals surface area (Å²) in [5.74, 6) is -1.89. The molecule has 190 valence electrons. The molecular weight excluding hydrogens is 477 g/mol. The highest BCUT2D eigenvalue weighted by molar-refractivity contribution is 6.22. The second-order valence-electron chi connectivity index (χ2n) is 8.62. The predicted octanol–water partition coefficient (Wildman–Crippen LogP) is 4.68. The van der Waals surface area contributed by atoms with E-state index >= 15 is 0 Å². The van der Waals surface area contributed by atoms with E-state index < -0.39 is 35.7 Å². The number of halogens is 1. The number of imide groups is 1. The monoisotopic (exact) mass is 503 g/mol. The molecule has 8 nitrogen and oxygen atoms in total. The van der Waals surface area contributed by atoms with Gasteiger partial charge in [0.15, 0.2) is 0 Å². The van der Waals surface area contributed by atoms with Crippen molar-refractivity contribution in [2.45, 2.75) is 32.9 Å². The quantitative estimate of drug-likeness (QED) is 0.356. The molecule has 1 saturated heterocycles. The summed E-state index contributed by atoms with van der Waals surface area (Å²) in [5.41, 5.74) is 2.67. The van der Waals surface area contributed by atoms with Crippen LogP contribution >= 0.6 is 0 Å². The zero-order chi connectivity index (χ0) is 26.5. The molecule has 1 aliphatic rings. The highest BCUT2D eigenvalue weighted by Crippen LogP contribution is 2.29. The second-order valence-corrected chi connectivity index (χ2v) is 8.62. The Bertz CT molecular complexity index is 1320. The summed E-state index contributed by atoms with van der Waals surface area (Å²) in [6, 6.07) is 17.1. The molecule has 1 fully saturated rings. The van der Waals surface area contributed by atoms with Crippen molar-refractivity contribution in [1.82, 2.24) is 4.90 Å². The summed E-state index contributed by atoms with van der Waals surface area (Å²) in [5, 5.41) is 2.71. The number of hydrogen-bond donors (Lipinski definition) is 1. The van der Waals surface area contributed by atoms with Gasteiger partial charge in [0.1, 0.15) is 11.9 Å². The molecule has 3 aromatic carbocycles. The Morgan fingerprint density at radius 2 is 1.70 bits per heavy atom. The predicted molar refractivity (Wildman–Crippen MR) is 135 cm³/mol. The molecule has 4 amide bonds. The van der Waals surface area contributed by atoms with Crippen LogP contribution in [0.3, 0.4) is 0 Å². The number of aryl methyl sites for hydroxylation is 1. The molecular formula is C28H26FN3O5. The van der Waals surface area contributed by atoms with E-state index in [4.69, 9.17) is 4.74 Å². The molecule has 1 aliphatic heterocycles. The zero-order valence-electron chi connectivity index (χ0n) is 20.4. The number of benzene rings is 3. The maximum absolute atomic E-state index is 13.4. The number of carbonyl (C=O) groups is 4. The fraction of sp³-hybridized carbons (Fsp3) is 0.214. The Morgan fingerprint density at radius 1 is 1.00 bits per heavy atom. The lowest BCUT2D eigenvalue weighted by Crippen LogP contribution is -2.37. The Balaban J connectivity index is 1.54. The van der Waals surface area contributed by atoms with Crippen LogP contribution in [0, 0.1) is 12.7 Å². The zero-order valence-corrected chi connectivity index (χ0v) is 20.4. The molecule has 0 aliphatic carbocycles. The molecule has 1 N–H and O–H groups in total. The van der Waals surface area contributed by atoms with Crippen molar-refractivity contribution in [3.8, 4) is 0 Å². The number of carbonyl (C=O) groups excluding carboxylic acids is 4. The Kier molecular flexibility index (Phi) is 7.62. The van der Waals surface area contributed by atoms with Gasteiger partial charge in [0.05, 0.1) is 24.3 Å². The van der Waals surface area contributed by atoms with Gasteiger partial charge < -0.3 is 15.0 Å². The Morgan fingerprint density at radius 3 is 2.35 bits per heavy atom. The van der Waals surface area contributed by atoms with Crippen LogP contribution in [0.15, 0.2) is 72.8 Å². The number of nitrogens with one attached hydrogen (secondary N) is 1. The topological polar surface area (TPSA) is 96.0 Å². The minimum atomic E-state index is -1.06. The lowest BCUT2D eigenvalue weighted by molar-refractivity contribution is -0.124. The molecule has 3 aromatic rings. The molecule has 0 saturated carbocycles. The summed E-state index contributed by atoms with van der Waals surface area (Å²) in [7, 11) is 0. The first-order chi connectivity index (χ1) is 17.8. The van der Waals surface area contributed by atoms with E-state index in [0.29, 0.717) is 22.5 Å². The molecule has 0 unspecified atom stereocenters. The van der Waals surface area contributed by atoms with Crippen LogP contribution < -0.4 is 10.2 Å². The number of hydrogen-bond acceptors (Lipinski definition) is 5. The van der Waals surface area contributed by atoms with E-state index in [1.54, 1.807) is 37.3 Å². The van der Waals surface area contributed by atoms with Gasteiger partial charge in [0.2, 0.25) is 5.91 Å². The minimum absolute atomic E-state index is 0.0271. The maximum Gasteiger partial charge on any atom is 0.338 e. The number of rotatable bonds is 8. The number of anilines is 2. The summed E-state index contributed by atoms with van der Waals surface area (Å²) in [6.07, 6.45) is -0.284. The third-order valence-corrected chi connectivity index (χ3v) is 5.90. The first-order valence-corrected chi connectivity index (χ1v) is 11.8. The van der Waals surface area contributed by atoms with Crippen molar-refractivity contribution in [2.75, 3.05) is 16.8 Å². The van der Waals surface area contributed by atoms with E-state index in [-0.39, 0.29) is 19.6 Å². The summed E-state index contributed by atoms with van der Waals surface area (Å²) < 4.78 is 18.4. The molecule has 0 aromatic heterocycles. The van der Waals surface area contributed by atoms with E-state index in [1.807, 2.05) is 13.0 Å². The molecule has 9 heteroatoms. The van der Waals surface area contributed by atoms with Crippen LogP contribution in [0.4, 0.5) is 20.6 Å². The SMILES string of the molecule is CCOC(=O)c1ccc(NC(=O)C[C@@H]2C(=O)N(c3cccc(C)c3)C(=O)N2Cc2ccc(F)cc2)cc1. The molecule has 0 bridgehead atoms. The third-order valence-electron chi connectivity index (χ3n) is 5.90. The first kappa shape index (κ1) is 25.6. The standard InChI is InChI=1S/C28H26FN3O5/c1-3-37-27(35)20-9-13-22(14-10-20)30-25(33)16-24-26(34)32(23-6-4-5-18(2)15-23)28(36)31(24)17-19-7-11-21(29)12-8-19/h4-15,24H,3,16-17H2,1-2H3,(H,30,33)/t24-/m1/s1. The maximum atomic E-state index is 13.4. The number of ether oxygens (including phenoxy) is 1. The molecule has 0 radical (unpaired) electrons. The van der Waals surface area contributed by atoms with Gasteiger partial charge in [-0.2, -0.15) is 0 Å². The van der Waals surface area contributed by atoms with Gasteiger partial charge in [-0.3, -0.25) is 9.59 Å². The van der Waals surface area contributed by atoms with Gasteiger partial charge in [0.25, 0.3) is 5.91 Å². The normalized spacial score (nSPS) is 15.2. The Hall–Kier alpha value is -4.53. The largest absolute Gasteiger partial charge is 0.462 e. The summed E-state index contributed by atoms with van der Waals surface area (Å²) in [4.78, 5) is 54.0. The number of esters is 1. The van der Waals surface area contributed by atoms with Crippen molar-refractivity contribution in [1.29, 1.82) is 0 Å². The van der Waals surface area contributed by atoms with E-state index in [2.05, 4.69) is 5.32 Å². The van der Waals surface area contributed by atoms with Crippen molar-refractivity contribution in [2.24, 2.45) is 0 Å². The smallest absolute Gasteiger partial charge is 0.338 e. The van der Waals surface area contributed by atoms with Gasteiger partial charge in [-0.1, -0.05) is 24.3 Å². The van der Waals surface area contributed by atoms with Crippen molar-refractivity contribution >= 4 is 35.2 Å².